The van der Waals surface area contributed by atoms with E-state index in [-0.39, 0.29) is 12.5 Å². The number of carboxylic acids is 1. The van der Waals surface area contributed by atoms with Crippen molar-refractivity contribution in [3.63, 3.8) is 0 Å². The molecule has 8 heteroatoms. The number of nitrogens with one attached hydrogen (secondary N) is 2. The molecule has 8 nitrogen and oxygen atoms in total. The second kappa shape index (κ2) is 9.70. The number of rotatable bonds is 7. The van der Waals surface area contributed by atoms with Crippen LogP contribution in [0.1, 0.15) is 56.6 Å². The quantitative estimate of drug-likeness (QED) is 0.481. The van der Waals surface area contributed by atoms with Crippen LogP contribution in [0, 0.1) is 5.92 Å². The highest BCUT2D eigenvalue weighted by Crippen LogP contribution is 2.44. The molecule has 0 bridgehead atoms. The minimum absolute atomic E-state index is 0.0651. The smallest absolute Gasteiger partial charge is 0.407 e. The summed E-state index contributed by atoms with van der Waals surface area (Å²) in [7, 11) is 0. The number of fused-ring (bicyclic) bond motifs is 3. The Balaban J connectivity index is 1.41. The number of aliphatic hydroxyl groups is 1. The molecule has 0 heterocycles. The Morgan fingerprint density at radius 3 is 2.26 bits per heavy atom. The molecule has 1 fully saturated rings. The zero-order chi connectivity index (χ0) is 25.2. The number of benzene rings is 2. The van der Waals surface area contributed by atoms with E-state index in [0.717, 1.165) is 42.0 Å². The Morgan fingerprint density at radius 2 is 1.66 bits per heavy atom. The standard InChI is InChI=1S/C27H32N2O6/c1-26(14-8-7-13-22(26)23(30)28-16-27(2,34)24(31)32)29-25(33)35-15-21-19-11-5-3-9-17(19)18-10-4-6-12-20(18)21/h3-6,9-12,21-22,34H,7-8,13-16H2,1-2H3,(H,28,30)(H,29,33)(H,31,32). The summed E-state index contributed by atoms with van der Waals surface area (Å²) in [6.45, 7) is 2.70. The molecular formula is C27H32N2O6. The van der Waals surface area contributed by atoms with Gasteiger partial charge in [0.1, 0.15) is 6.61 Å². The van der Waals surface area contributed by atoms with E-state index in [1.54, 1.807) is 0 Å². The van der Waals surface area contributed by atoms with Crippen LogP contribution >= 0.6 is 0 Å². The molecule has 35 heavy (non-hydrogen) atoms. The molecule has 3 unspecified atom stereocenters. The second-order valence-corrected chi connectivity index (χ2v) is 9.96. The van der Waals surface area contributed by atoms with E-state index in [2.05, 4.69) is 34.9 Å². The van der Waals surface area contributed by atoms with Crippen molar-refractivity contribution in [2.24, 2.45) is 5.92 Å². The molecule has 4 N–H and O–H groups in total. The van der Waals surface area contributed by atoms with Gasteiger partial charge in [-0.3, -0.25) is 4.79 Å². The average molecular weight is 481 g/mol. The van der Waals surface area contributed by atoms with Gasteiger partial charge in [0.2, 0.25) is 5.91 Å². The Kier molecular flexibility index (Phi) is 6.85. The van der Waals surface area contributed by atoms with Gasteiger partial charge in [-0.1, -0.05) is 61.4 Å². The van der Waals surface area contributed by atoms with Crippen molar-refractivity contribution in [2.45, 2.75) is 56.6 Å². The molecule has 4 rings (SSSR count). The maximum absolute atomic E-state index is 12.9. The van der Waals surface area contributed by atoms with Crippen molar-refractivity contribution in [1.29, 1.82) is 0 Å². The molecule has 2 aliphatic carbocycles. The minimum atomic E-state index is -2.07. The van der Waals surface area contributed by atoms with E-state index >= 15 is 0 Å². The van der Waals surface area contributed by atoms with Gasteiger partial charge < -0.3 is 25.6 Å². The van der Waals surface area contributed by atoms with Crippen LogP contribution in [0.5, 0.6) is 0 Å². The number of alkyl carbamates (subject to hydrolysis) is 1. The third-order valence-corrected chi connectivity index (χ3v) is 7.32. The Bertz CT molecular complexity index is 1080. The first-order valence-corrected chi connectivity index (χ1v) is 12.0. The first kappa shape index (κ1) is 24.7. The zero-order valence-electron chi connectivity index (χ0n) is 20.0. The number of carbonyl (C=O) groups is 3. The molecule has 0 saturated heterocycles. The third-order valence-electron chi connectivity index (χ3n) is 7.32. The Labute approximate surface area is 204 Å². The molecule has 2 amide bonds. The fourth-order valence-corrected chi connectivity index (χ4v) is 5.23. The summed E-state index contributed by atoms with van der Waals surface area (Å²) in [6, 6.07) is 16.2. The number of hydrogen-bond donors (Lipinski definition) is 4. The summed E-state index contributed by atoms with van der Waals surface area (Å²) in [5.41, 5.74) is 1.61. The van der Waals surface area contributed by atoms with Crippen LogP contribution in [0.25, 0.3) is 11.1 Å². The summed E-state index contributed by atoms with van der Waals surface area (Å²) in [6.07, 6.45) is 2.20. The summed E-state index contributed by atoms with van der Waals surface area (Å²) < 4.78 is 5.68. The largest absolute Gasteiger partial charge is 0.479 e. The molecule has 0 aromatic heterocycles. The predicted octanol–water partition coefficient (Wildman–Crippen LogP) is 3.43. The number of amides is 2. The molecular weight excluding hydrogens is 448 g/mol. The summed E-state index contributed by atoms with van der Waals surface area (Å²) in [5.74, 6) is -2.44. The topological polar surface area (TPSA) is 125 Å². The first-order chi connectivity index (χ1) is 16.6. The van der Waals surface area contributed by atoms with Crippen LogP contribution in [0.15, 0.2) is 48.5 Å². The van der Waals surface area contributed by atoms with E-state index < -0.39 is 41.6 Å². The highest BCUT2D eigenvalue weighted by Gasteiger charge is 2.43. The van der Waals surface area contributed by atoms with Crippen molar-refractivity contribution in [3.8, 4) is 11.1 Å². The molecule has 1 saturated carbocycles. The van der Waals surface area contributed by atoms with E-state index in [0.29, 0.717) is 12.8 Å². The lowest BCUT2D eigenvalue weighted by atomic mass is 9.73. The second-order valence-electron chi connectivity index (χ2n) is 9.96. The summed E-state index contributed by atoms with van der Waals surface area (Å²) in [5, 5.41) is 24.5. The van der Waals surface area contributed by atoms with Gasteiger partial charge in [0, 0.05) is 5.92 Å². The van der Waals surface area contributed by atoms with Crippen molar-refractivity contribution >= 4 is 18.0 Å². The third kappa shape index (κ3) is 5.03. The molecule has 2 aromatic rings. The molecule has 0 radical (unpaired) electrons. The fraction of sp³-hybridized carbons (Fsp3) is 0.444. The zero-order valence-corrected chi connectivity index (χ0v) is 20.0. The molecule has 0 aliphatic heterocycles. The molecule has 2 aromatic carbocycles. The highest BCUT2D eigenvalue weighted by atomic mass is 16.5. The van der Waals surface area contributed by atoms with E-state index in [1.165, 1.54) is 0 Å². The van der Waals surface area contributed by atoms with Gasteiger partial charge in [-0.2, -0.15) is 0 Å². The lowest BCUT2D eigenvalue weighted by Gasteiger charge is -2.41. The highest BCUT2D eigenvalue weighted by molar-refractivity contribution is 5.83. The van der Waals surface area contributed by atoms with Crippen molar-refractivity contribution in [1.82, 2.24) is 10.6 Å². The van der Waals surface area contributed by atoms with Gasteiger partial charge in [-0.25, -0.2) is 9.59 Å². The van der Waals surface area contributed by atoms with Crippen LogP contribution in [0.4, 0.5) is 4.79 Å². The summed E-state index contributed by atoms with van der Waals surface area (Å²) >= 11 is 0. The van der Waals surface area contributed by atoms with Gasteiger partial charge in [0.25, 0.3) is 0 Å². The van der Waals surface area contributed by atoms with Crippen molar-refractivity contribution < 1.29 is 29.3 Å². The lowest BCUT2D eigenvalue weighted by Crippen LogP contribution is -2.59. The van der Waals surface area contributed by atoms with E-state index in [9.17, 15) is 19.5 Å². The molecule has 3 atom stereocenters. The van der Waals surface area contributed by atoms with Crippen LogP contribution in [-0.2, 0) is 14.3 Å². The van der Waals surface area contributed by atoms with Crippen LogP contribution in [0.2, 0.25) is 0 Å². The van der Waals surface area contributed by atoms with Crippen LogP contribution in [-0.4, -0.2) is 52.5 Å². The molecule has 186 valence electrons. The number of ether oxygens (including phenoxy) is 1. The van der Waals surface area contributed by atoms with Gasteiger partial charge in [-0.05, 0) is 48.9 Å². The van der Waals surface area contributed by atoms with Crippen LogP contribution in [0.3, 0.4) is 0 Å². The minimum Gasteiger partial charge on any atom is -0.479 e. The summed E-state index contributed by atoms with van der Waals surface area (Å²) in [4.78, 5) is 36.9. The molecule has 0 spiro atoms. The number of hydrogen-bond acceptors (Lipinski definition) is 5. The molecule has 2 aliphatic rings. The van der Waals surface area contributed by atoms with Crippen LogP contribution < -0.4 is 10.6 Å². The Hall–Kier alpha value is -3.39. The predicted molar refractivity (Wildman–Crippen MR) is 130 cm³/mol. The maximum atomic E-state index is 12.9. The van der Waals surface area contributed by atoms with Crippen molar-refractivity contribution in [2.75, 3.05) is 13.2 Å². The first-order valence-electron chi connectivity index (χ1n) is 12.0. The maximum Gasteiger partial charge on any atom is 0.407 e. The van der Waals surface area contributed by atoms with Gasteiger partial charge in [-0.15, -0.1) is 0 Å². The lowest BCUT2D eigenvalue weighted by molar-refractivity contribution is -0.156. The van der Waals surface area contributed by atoms with Crippen molar-refractivity contribution in [3.05, 3.63) is 59.7 Å². The fourth-order valence-electron chi connectivity index (χ4n) is 5.23. The van der Waals surface area contributed by atoms with E-state index in [1.807, 2.05) is 31.2 Å². The number of aliphatic carboxylic acids is 1. The monoisotopic (exact) mass is 480 g/mol. The normalized spacial score (nSPS) is 22.9. The average Bonchev–Trinajstić information content (AvgIpc) is 3.15. The van der Waals surface area contributed by atoms with E-state index in [4.69, 9.17) is 9.84 Å². The van der Waals surface area contributed by atoms with Gasteiger partial charge in [0.15, 0.2) is 5.60 Å². The number of carboxylic acid groups (broad SMARTS) is 1. The van der Waals surface area contributed by atoms with Gasteiger partial charge >= 0.3 is 12.1 Å². The number of carbonyl (C=O) groups excluding carboxylic acids is 2. The Morgan fingerprint density at radius 1 is 1.06 bits per heavy atom. The SMILES string of the molecule is CC(O)(CNC(=O)C1CCCCC1(C)NC(=O)OCC1c2ccccc2-c2ccccc21)C(=O)O. The van der Waals surface area contributed by atoms with Gasteiger partial charge in [0.05, 0.1) is 18.0 Å².